The first-order valence-electron chi connectivity index (χ1n) is 9.86. The van der Waals surface area contributed by atoms with E-state index >= 15 is 0 Å². The van der Waals surface area contributed by atoms with Crippen molar-refractivity contribution in [3.8, 4) is 11.5 Å². The predicted molar refractivity (Wildman–Crippen MR) is 113 cm³/mol. The van der Waals surface area contributed by atoms with Gasteiger partial charge in [-0.15, -0.1) is 11.3 Å². The Bertz CT molecular complexity index is 971. The van der Waals surface area contributed by atoms with E-state index in [9.17, 15) is 8.42 Å². The molecule has 1 fully saturated rings. The summed E-state index contributed by atoms with van der Waals surface area (Å²) >= 11 is 1.78. The van der Waals surface area contributed by atoms with Crippen LogP contribution in [0.1, 0.15) is 48.1 Å². The Hall–Kier alpha value is -1.61. The normalized spacial score (nSPS) is 24.1. The fraction of sp³-hybridized carbons (Fsp3) is 0.524. The smallest absolute Gasteiger partial charge is 0.243 e. The first kappa shape index (κ1) is 20.7. The average molecular weight is 438 g/mol. The van der Waals surface area contributed by atoms with E-state index in [0.717, 1.165) is 18.4 Å². The van der Waals surface area contributed by atoms with Crippen LogP contribution in [0, 0.1) is 0 Å². The third kappa shape index (κ3) is 3.79. The fourth-order valence-corrected chi connectivity index (χ4v) is 6.70. The number of ether oxygens (including phenoxy) is 3. The van der Waals surface area contributed by atoms with Crippen LogP contribution in [-0.2, 0) is 14.8 Å². The summed E-state index contributed by atoms with van der Waals surface area (Å²) in [6, 6.07) is 6.74. The number of likely N-dealkylation sites (N-methyl/N-ethyl adjacent to an activating group) is 1. The molecule has 1 saturated carbocycles. The summed E-state index contributed by atoms with van der Waals surface area (Å²) in [5.74, 6) is 1.35. The van der Waals surface area contributed by atoms with Crippen molar-refractivity contribution in [1.82, 2.24) is 4.31 Å². The second kappa shape index (κ2) is 8.26. The maximum atomic E-state index is 13.2. The minimum atomic E-state index is -3.69. The van der Waals surface area contributed by atoms with E-state index in [-0.39, 0.29) is 23.6 Å². The van der Waals surface area contributed by atoms with Gasteiger partial charge in [-0.1, -0.05) is 12.8 Å². The molecule has 1 aliphatic heterocycles. The lowest BCUT2D eigenvalue weighted by Crippen LogP contribution is -2.38. The second-order valence-electron chi connectivity index (χ2n) is 7.60. The van der Waals surface area contributed by atoms with Crippen LogP contribution in [0.25, 0.3) is 0 Å². The maximum Gasteiger partial charge on any atom is 0.243 e. The van der Waals surface area contributed by atoms with Gasteiger partial charge in [0, 0.05) is 30.5 Å². The SMILES string of the molecule is COc1ccc(S(=O)(=O)N(C)C[C@@H]2O[C@@H]3CCCC[C@@H]3c3sccc32)cc1OC. The lowest BCUT2D eigenvalue weighted by atomic mass is 9.81. The van der Waals surface area contributed by atoms with Crippen LogP contribution in [0.4, 0.5) is 0 Å². The molecule has 2 aliphatic rings. The third-order valence-corrected chi connectivity index (χ3v) is 8.82. The largest absolute Gasteiger partial charge is 0.493 e. The predicted octanol–water partition coefficient (Wildman–Crippen LogP) is 4.18. The van der Waals surface area contributed by atoms with Crippen molar-refractivity contribution in [1.29, 1.82) is 0 Å². The van der Waals surface area contributed by atoms with Gasteiger partial charge in [-0.25, -0.2) is 8.42 Å². The summed E-state index contributed by atoms with van der Waals surface area (Å²) < 4.78 is 44.6. The number of sulfonamides is 1. The minimum absolute atomic E-state index is 0.176. The van der Waals surface area contributed by atoms with E-state index in [1.807, 2.05) is 0 Å². The monoisotopic (exact) mass is 437 g/mol. The van der Waals surface area contributed by atoms with Gasteiger partial charge in [0.1, 0.15) is 0 Å². The van der Waals surface area contributed by atoms with Gasteiger partial charge in [0.2, 0.25) is 10.0 Å². The summed E-state index contributed by atoms with van der Waals surface area (Å²) in [7, 11) is 0.932. The van der Waals surface area contributed by atoms with Crippen LogP contribution >= 0.6 is 11.3 Å². The van der Waals surface area contributed by atoms with Gasteiger partial charge in [0.25, 0.3) is 0 Å². The molecule has 1 aromatic carbocycles. The molecule has 2 heterocycles. The van der Waals surface area contributed by atoms with Gasteiger partial charge in [0.15, 0.2) is 11.5 Å². The Balaban J connectivity index is 1.58. The Morgan fingerprint density at radius 2 is 1.90 bits per heavy atom. The van der Waals surface area contributed by atoms with Crippen LogP contribution in [0.2, 0.25) is 0 Å². The number of fused-ring (bicyclic) bond motifs is 3. The van der Waals surface area contributed by atoms with E-state index in [1.165, 1.54) is 42.3 Å². The summed E-state index contributed by atoms with van der Waals surface area (Å²) in [5, 5.41) is 2.10. The topological polar surface area (TPSA) is 65.1 Å². The van der Waals surface area contributed by atoms with Crippen molar-refractivity contribution >= 4 is 21.4 Å². The van der Waals surface area contributed by atoms with Crippen molar-refractivity contribution < 1.29 is 22.6 Å². The van der Waals surface area contributed by atoms with E-state index in [1.54, 1.807) is 30.5 Å². The van der Waals surface area contributed by atoms with Crippen LogP contribution < -0.4 is 9.47 Å². The zero-order valence-electron chi connectivity index (χ0n) is 17.0. The van der Waals surface area contributed by atoms with E-state index in [0.29, 0.717) is 17.4 Å². The number of rotatable bonds is 6. The molecule has 1 aromatic heterocycles. The van der Waals surface area contributed by atoms with Crippen LogP contribution in [0.15, 0.2) is 34.5 Å². The van der Waals surface area contributed by atoms with Gasteiger partial charge in [-0.3, -0.25) is 0 Å². The fourth-order valence-electron chi connectivity index (χ4n) is 4.37. The molecule has 0 spiro atoms. The highest BCUT2D eigenvalue weighted by Gasteiger charge is 2.39. The Kier molecular flexibility index (Phi) is 5.88. The molecule has 4 rings (SSSR count). The van der Waals surface area contributed by atoms with Crippen molar-refractivity contribution in [2.75, 3.05) is 27.8 Å². The van der Waals surface area contributed by atoms with E-state index < -0.39 is 10.0 Å². The quantitative estimate of drug-likeness (QED) is 0.678. The van der Waals surface area contributed by atoms with Gasteiger partial charge < -0.3 is 14.2 Å². The van der Waals surface area contributed by atoms with E-state index in [4.69, 9.17) is 14.2 Å². The summed E-state index contributed by atoms with van der Waals surface area (Å²) in [5.41, 5.74) is 1.15. The minimum Gasteiger partial charge on any atom is -0.493 e. The first-order valence-corrected chi connectivity index (χ1v) is 12.2. The molecule has 0 saturated heterocycles. The Morgan fingerprint density at radius 3 is 2.66 bits per heavy atom. The standard InChI is InChI=1S/C21H27NO5S2/c1-22(29(23,24)14-8-9-18(25-2)19(12-14)26-3)13-20-16-10-11-28-21(16)15-6-4-5-7-17(15)27-20/h8-12,15,17,20H,4-7,13H2,1-3H3/t15-,17+,20-/m0/s1. The molecule has 0 bridgehead atoms. The first-order chi connectivity index (χ1) is 14.0. The van der Waals surface area contributed by atoms with Crippen molar-refractivity contribution in [3.05, 3.63) is 40.1 Å². The third-order valence-electron chi connectivity index (χ3n) is 5.94. The average Bonchev–Trinajstić information content (AvgIpc) is 3.23. The lowest BCUT2D eigenvalue weighted by molar-refractivity contribution is -0.0600. The van der Waals surface area contributed by atoms with Crippen LogP contribution in [0.3, 0.4) is 0 Å². The molecule has 2 aromatic rings. The van der Waals surface area contributed by atoms with E-state index in [2.05, 4.69) is 11.4 Å². The van der Waals surface area contributed by atoms with Crippen LogP contribution in [0.5, 0.6) is 11.5 Å². The van der Waals surface area contributed by atoms with Crippen molar-refractivity contribution in [3.63, 3.8) is 0 Å². The number of hydrogen-bond acceptors (Lipinski definition) is 6. The van der Waals surface area contributed by atoms with Gasteiger partial charge >= 0.3 is 0 Å². The second-order valence-corrected chi connectivity index (χ2v) is 10.6. The molecule has 8 heteroatoms. The van der Waals surface area contributed by atoms with Gasteiger partial charge in [-0.2, -0.15) is 4.31 Å². The number of methoxy groups -OCH3 is 2. The molecule has 0 amide bonds. The number of hydrogen-bond donors (Lipinski definition) is 0. The number of nitrogens with zero attached hydrogens (tertiary/aromatic N) is 1. The zero-order valence-corrected chi connectivity index (χ0v) is 18.6. The molecule has 0 N–H and O–H groups in total. The van der Waals surface area contributed by atoms with Crippen molar-refractivity contribution in [2.45, 2.75) is 48.7 Å². The Labute approximate surface area is 176 Å². The number of benzene rings is 1. The molecule has 1 aliphatic carbocycles. The summed E-state index contributed by atoms with van der Waals surface area (Å²) in [6.45, 7) is 0.281. The summed E-state index contributed by atoms with van der Waals surface area (Å²) in [6.07, 6.45) is 4.57. The summed E-state index contributed by atoms with van der Waals surface area (Å²) in [4.78, 5) is 1.55. The highest BCUT2D eigenvalue weighted by Crippen LogP contribution is 2.47. The van der Waals surface area contributed by atoms with Crippen LogP contribution in [-0.4, -0.2) is 46.6 Å². The van der Waals surface area contributed by atoms with Crippen molar-refractivity contribution in [2.24, 2.45) is 0 Å². The maximum absolute atomic E-state index is 13.2. The zero-order chi connectivity index (χ0) is 20.6. The highest BCUT2D eigenvalue weighted by molar-refractivity contribution is 7.89. The highest BCUT2D eigenvalue weighted by atomic mass is 32.2. The molecule has 0 unspecified atom stereocenters. The van der Waals surface area contributed by atoms with Gasteiger partial charge in [-0.05, 0) is 42.0 Å². The number of thiophene rings is 1. The molecule has 29 heavy (non-hydrogen) atoms. The lowest BCUT2D eigenvalue weighted by Gasteiger charge is -2.40. The molecule has 0 radical (unpaired) electrons. The molecule has 3 atom stereocenters. The molecular formula is C21H27NO5S2. The molecule has 6 nitrogen and oxygen atoms in total. The Morgan fingerprint density at radius 1 is 1.14 bits per heavy atom. The van der Waals surface area contributed by atoms with Gasteiger partial charge in [0.05, 0.1) is 31.3 Å². The molecule has 158 valence electrons. The molecular weight excluding hydrogens is 410 g/mol.